The Hall–Kier alpha value is -2.61. The Morgan fingerprint density at radius 3 is 2.34 bits per heavy atom. The van der Waals surface area contributed by atoms with E-state index < -0.39 is 23.9 Å². The molecule has 1 aromatic rings. The quantitative estimate of drug-likeness (QED) is 0.250. The van der Waals surface area contributed by atoms with E-state index in [4.69, 9.17) is 19.9 Å². The maximum absolute atomic E-state index is 12.1. The molecular weight excluding hydrogens is 376 g/mol. The molecule has 162 valence electrons. The van der Waals surface area contributed by atoms with E-state index >= 15 is 0 Å². The van der Waals surface area contributed by atoms with Crippen molar-refractivity contribution in [2.75, 3.05) is 13.2 Å². The molecule has 0 aromatic heterocycles. The summed E-state index contributed by atoms with van der Waals surface area (Å²) in [5, 5.41) is 2.41. The van der Waals surface area contributed by atoms with Crippen molar-refractivity contribution in [2.45, 2.75) is 65.2 Å². The zero-order valence-electron chi connectivity index (χ0n) is 17.7. The van der Waals surface area contributed by atoms with Gasteiger partial charge in [0.25, 0.3) is 0 Å². The number of nitrogens with two attached hydrogens (primary N) is 1. The average molecular weight is 408 g/mol. The van der Waals surface area contributed by atoms with Crippen LogP contribution in [-0.2, 0) is 14.3 Å². The molecule has 0 spiro atoms. The molecule has 3 N–H and O–H groups in total. The maximum Gasteiger partial charge on any atom is 0.408 e. The Labute approximate surface area is 172 Å². The van der Waals surface area contributed by atoms with Gasteiger partial charge in [-0.25, -0.2) is 9.59 Å². The fraction of sp³-hybridized carbons (Fsp3) is 0.571. The van der Waals surface area contributed by atoms with E-state index in [-0.39, 0.29) is 18.9 Å². The van der Waals surface area contributed by atoms with Gasteiger partial charge in [-0.2, -0.15) is 0 Å². The summed E-state index contributed by atoms with van der Waals surface area (Å²) < 4.78 is 15.5. The number of ketones is 1. The van der Waals surface area contributed by atoms with Crippen molar-refractivity contribution in [1.29, 1.82) is 0 Å². The molecule has 1 rings (SSSR count). The first-order valence-electron chi connectivity index (χ1n) is 9.78. The number of unbranched alkanes of at least 4 members (excludes halogenated alkanes) is 2. The third kappa shape index (κ3) is 11.1. The zero-order valence-corrected chi connectivity index (χ0v) is 17.7. The second-order valence-corrected chi connectivity index (χ2v) is 7.62. The van der Waals surface area contributed by atoms with Crippen molar-refractivity contribution in [3.63, 3.8) is 0 Å². The molecule has 29 heavy (non-hydrogen) atoms. The number of hydrogen-bond acceptors (Lipinski definition) is 7. The monoisotopic (exact) mass is 408 g/mol. The van der Waals surface area contributed by atoms with E-state index in [1.54, 1.807) is 45.0 Å². The number of ether oxygens (including phenoxy) is 3. The molecule has 1 amide bonds. The number of amides is 1. The van der Waals surface area contributed by atoms with Crippen LogP contribution >= 0.6 is 0 Å². The van der Waals surface area contributed by atoms with Gasteiger partial charge in [-0.15, -0.1) is 0 Å². The first-order chi connectivity index (χ1) is 13.6. The second kappa shape index (κ2) is 12.1. The number of carbonyl (C=O) groups excluding carboxylic acids is 3. The Kier molecular flexibility index (Phi) is 10.2. The van der Waals surface area contributed by atoms with Crippen molar-refractivity contribution < 1.29 is 28.6 Å². The summed E-state index contributed by atoms with van der Waals surface area (Å²) in [6, 6.07) is 6.23. The van der Waals surface area contributed by atoms with Crippen LogP contribution in [0.15, 0.2) is 24.3 Å². The number of esters is 1. The standard InChI is InChI=1S/C21H32N2O6/c1-5-6-7-8-18(22)28-19(25)14-27-16-11-9-15(10-12-16)17(24)13-23-20(26)29-21(2,3)4/h9-12,18H,5-8,13-14,22H2,1-4H3,(H,23,26). The maximum atomic E-state index is 12.1. The van der Waals surface area contributed by atoms with E-state index in [0.29, 0.717) is 17.7 Å². The lowest BCUT2D eigenvalue weighted by molar-refractivity contribution is -0.151. The molecule has 8 heteroatoms. The molecule has 0 saturated heterocycles. The molecule has 0 fully saturated rings. The van der Waals surface area contributed by atoms with Gasteiger partial charge < -0.3 is 19.5 Å². The highest BCUT2D eigenvalue weighted by Crippen LogP contribution is 2.13. The third-order valence-corrected chi connectivity index (χ3v) is 3.70. The van der Waals surface area contributed by atoms with Gasteiger partial charge >= 0.3 is 12.1 Å². The molecule has 0 heterocycles. The van der Waals surface area contributed by atoms with Crippen LogP contribution in [0.4, 0.5) is 4.79 Å². The van der Waals surface area contributed by atoms with Gasteiger partial charge in [0, 0.05) is 5.56 Å². The van der Waals surface area contributed by atoms with Crippen molar-refractivity contribution in [2.24, 2.45) is 5.73 Å². The number of carbonyl (C=O) groups is 3. The topological polar surface area (TPSA) is 117 Å². The smallest absolute Gasteiger partial charge is 0.408 e. The molecule has 1 atom stereocenters. The van der Waals surface area contributed by atoms with Gasteiger partial charge in [0.1, 0.15) is 11.4 Å². The largest absolute Gasteiger partial charge is 0.482 e. The van der Waals surface area contributed by atoms with Crippen molar-refractivity contribution >= 4 is 17.8 Å². The number of nitrogens with one attached hydrogen (secondary N) is 1. The number of hydrogen-bond donors (Lipinski definition) is 2. The molecule has 8 nitrogen and oxygen atoms in total. The average Bonchev–Trinajstić information content (AvgIpc) is 2.63. The van der Waals surface area contributed by atoms with Gasteiger partial charge in [0.2, 0.25) is 0 Å². The van der Waals surface area contributed by atoms with Crippen LogP contribution in [0.3, 0.4) is 0 Å². The van der Waals surface area contributed by atoms with E-state index in [1.165, 1.54) is 0 Å². The normalized spacial score (nSPS) is 12.0. The molecule has 0 aliphatic heterocycles. The van der Waals surface area contributed by atoms with Crippen LogP contribution in [0.5, 0.6) is 5.75 Å². The summed E-state index contributed by atoms with van der Waals surface area (Å²) in [4.78, 5) is 35.5. The van der Waals surface area contributed by atoms with Crippen LogP contribution in [0.25, 0.3) is 0 Å². The lowest BCUT2D eigenvalue weighted by atomic mass is 10.1. The highest BCUT2D eigenvalue weighted by molar-refractivity contribution is 5.99. The predicted octanol–water partition coefficient (Wildman–Crippen LogP) is 3.18. The number of rotatable bonds is 11. The lowest BCUT2D eigenvalue weighted by Gasteiger charge is -2.19. The Morgan fingerprint density at radius 1 is 1.10 bits per heavy atom. The predicted molar refractivity (Wildman–Crippen MR) is 109 cm³/mol. The van der Waals surface area contributed by atoms with E-state index in [0.717, 1.165) is 19.3 Å². The Morgan fingerprint density at radius 2 is 1.76 bits per heavy atom. The fourth-order valence-electron chi connectivity index (χ4n) is 2.31. The Balaban J connectivity index is 2.38. The minimum Gasteiger partial charge on any atom is -0.482 e. The molecule has 1 unspecified atom stereocenters. The number of Topliss-reactive ketones (excluding diaryl/α,β-unsaturated/α-hetero) is 1. The van der Waals surface area contributed by atoms with Crippen LogP contribution in [0, 0.1) is 0 Å². The summed E-state index contributed by atoms with van der Waals surface area (Å²) in [6.07, 6.45) is 2.35. The Bertz CT molecular complexity index is 667. The molecule has 0 aliphatic rings. The third-order valence-electron chi connectivity index (χ3n) is 3.70. The highest BCUT2D eigenvalue weighted by atomic mass is 16.6. The highest BCUT2D eigenvalue weighted by Gasteiger charge is 2.17. The van der Waals surface area contributed by atoms with Crippen LogP contribution in [-0.4, -0.2) is 42.8 Å². The van der Waals surface area contributed by atoms with Crippen LogP contribution < -0.4 is 15.8 Å². The summed E-state index contributed by atoms with van der Waals surface area (Å²) in [6.45, 7) is 6.85. The van der Waals surface area contributed by atoms with Crippen LogP contribution in [0.1, 0.15) is 63.7 Å². The first-order valence-corrected chi connectivity index (χ1v) is 9.78. The number of alkyl carbamates (subject to hydrolysis) is 1. The van der Waals surface area contributed by atoms with E-state index in [2.05, 4.69) is 12.2 Å². The summed E-state index contributed by atoms with van der Waals surface area (Å²) in [7, 11) is 0. The van der Waals surface area contributed by atoms with Gasteiger partial charge in [0.15, 0.2) is 18.6 Å². The lowest BCUT2D eigenvalue weighted by Crippen LogP contribution is -2.35. The SMILES string of the molecule is CCCCCC(N)OC(=O)COc1ccc(C(=O)CNC(=O)OC(C)(C)C)cc1. The number of benzene rings is 1. The van der Waals surface area contributed by atoms with Gasteiger partial charge in [0.05, 0.1) is 6.54 Å². The zero-order chi connectivity index (χ0) is 21.9. The summed E-state index contributed by atoms with van der Waals surface area (Å²) in [5.74, 6) is -0.409. The van der Waals surface area contributed by atoms with Crippen molar-refractivity contribution in [1.82, 2.24) is 5.32 Å². The van der Waals surface area contributed by atoms with Gasteiger partial charge in [-0.05, 0) is 57.9 Å². The minimum absolute atomic E-state index is 0.183. The molecule has 0 aliphatic carbocycles. The van der Waals surface area contributed by atoms with Crippen LogP contribution in [0.2, 0.25) is 0 Å². The van der Waals surface area contributed by atoms with Gasteiger partial charge in [-0.1, -0.05) is 19.8 Å². The molecule has 0 radical (unpaired) electrons. The van der Waals surface area contributed by atoms with Crippen molar-refractivity contribution in [3.8, 4) is 5.75 Å². The molecule has 0 bridgehead atoms. The second-order valence-electron chi connectivity index (χ2n) is 7.62. The van der Waals surface area contributed by atoms with E-state index in [1.807, 2.05) is 0 Å². The van der Waals surface area contributed by atoms with Gasteiger partial charge in [-0.3, -0.25) is 10.5 Å². The molecule has 1 aromatic carbocycles. The van der Waals surface area contributed by atoms with Crippen molar-refractivity contribution in [3.05, 3.63) is 29.8 Å². The minimum atomic E-state index is -0.655. The summed E-state index contributed by atoms with van der Waals surface area (Å²) in [5.41, 5.74) is 5.51. The molecular formula is C21H32N2O6. The molecule has 0 saturated carbocycles. The summed E-state index contributed by atoms with van der Waals surface area (Å²) >= 11 is 0. The fourth-order valence-corrected chi connectivity index (χ4v) is 2.31. The van der Waals surface area contributed by atoms with E-state index in [9.17, 15) is 14.4 Å². The first kappa shape index (κ1) is 24.4.